The molecule has 4 N–H and O–H groups in total. The second-order valence-electron chi connectivity index (χ2n) is 6.90. The average Bonchev–Trinajstić information content (AvgIpc) is 2.54. The van der Waals surface area contributed by atoms with E-state index in [4.69, 9.17) is 10.8 Å². The summed E-state index contributed by atoms with van der Waals surface area (Å²) in [5.74, 6) is -0.824. The third-order valence-electron chi connectivity index (χ3n) is 4.66. The molecular formula is C19H39NO3. The zero-order valence-electron chi connectivity index (χ0n) is 15.2. The minimum Gasteiger partial charge on any atom is -0.393 e. The van der Waals surface area contributed by atoms with Crippen molar-refractivity contribution in [2.24, 2.45) is 5.73 Å². The lowest BCUT2D eigenvalue weighted by Gasteiger charge is -2.21. The van der Waals surface area contributed by atoms with E-state index in [0.29, 0.717) is 0 Å². The first kappa shape index (κ1) is 22.4. The van der Waals surface area contributed by atoms with Crippen molar-refractivity contribution in [1.29, 1.82) is 0 Å². The lowest BCUT2D eigenvalue weighted by Crippen LogP contribution is -2.46. The van der Waals surface area contributed by atoms with Crippen molar-refractivity contribution in [3.8, 4) is 0 Å². The van der Waals surface area contributed by atoms with Gasteiger partial charge in [0, 0.05) is 0 Å². The van der Waals surface area contributed by atoms with Gasteiger partial charge in [-0.15, -0.1) is 0 Å². The molecule has 0 radical (unpaired) electrons. The highest BCUT2D eigenvalue weighted by atomic mass is 16.3. The van der Waals surface area contributed by atoms with E-state index in [1.54, 1.807) is 0 Å². The summed E-state index contributed by atoms with van der Waals surface area (Å²) in [5.41, 5.74) is 3.36. The summed E-state index contributed by atoms with van der Waals surface area (Å²) in [5, 5.41) is 18.8. The fraction of sp³-hybridized carbons (Fsp3) is 0.947. The minimum atomic E-state index is -1.73. The van der Waals surface area contributed by atoms with Gasteiger partial charge in [-0.2, -0.15) is 0 Å². The Labute approximate surface area is 142 Å². The fourth-order valence-corrected chi connectivity index (χ4v) is 2.89. The molecular weight excluding hydrogens is 290 g/mol. The Morgan fingerprint density at radius 3 is 1.43 bits per heavy atom. The molecule has 0 aromatic carbocycles. The van der Waals surface area contributed by atoms with Crippen LogP contribution in [0.2, 0.25) is 0 Å². The first-order chi connectivity index (χ1) is 11.1. The Morgan fingerprint density at radius 2 is 1.13 bits per heavy atom. The molecule has 0 bridgehead atoms. The smallest absolute Gasteiger partial charge is 0.251 e. The maximum atomic E-state index is 11.0. The van der Waals surface area contributed by atoms with Crippen molar-refractivity contribution in [1.82, 2.24) is 0 Å². The Balaban J connectivity index is 3.26. The van der Waals surface area contributed by atoms with Gasteiger partial charge in [0.25, 0.3) is 5.91 Å². The molecule has 0 rings (SSSR count). The van der Waals surface area contributed by atoms with Gasteiger partial charge in [-0.3, -0.25) is 4.79 Å². The van der Waals surface area contributed by atoms with E-state index in [1.807, 2.05) is 0 Å². The Morgan fingerprint density at radius 1 is 0.783 bits per heavy atom. The molecule has 0 heterocycles. The zero-order chi connectivity index (χ0) is 17.4. The van der Waals surface area contributed by atoms with Crippen molar-refractivity contribution in [3.05, 3.63) is 0 Å². The van der Waals surface area contributed by atoms with Gasteiger partial charge in [-0.25, -0.2) is 0 Å². The number of primary amides is 1. The molecule has 138 valence electrons. The molecule has 0 aliphatic rings. The maximum Gasteiger partial charge on any atom is 0.251 e. The number of carbonyl (C=O) groups excluding carboxylic acids is 1. The second-order valence-corrected chi connectivity index (χ2v) is 6.90. The van der Waals surface area contributed by atoms with Crippen LogP contribution in [0.4, 0.5) is 0 Å². The SMILES string of the molecule is CCCCCCCCCCCCCCCCC(O)(CO)C(N)=O. The van der Waals surface area contributed by atoms with Gasteiger partial charge in [0.15, 0.2) is 5.60 Å². The van der Waals surface area contributed by atoms with Crippen LogP contribution in [-0.2, 0) is 4.79 Å². The number of hydrogen-bond donors (Lipinski definition) is 3. The minimum absolute atomic E-state index is 0.261. The summed E-state index contributed by atoms with van der Waals surface area (Å²) in [6, 6.07) is 0. The van der Waals surface area contributed by atoms with Gasteiger partial charge in [0.1, 0.15) is 0 Å². The summed E-state index contributed by atoms with van der Waals surface area (Å²) >= 11 is 0. The van der Waals surface area contributed by atoms with Crippen molar-refractivity contribution in [3.63, 3.8) is 0 Å². The molecule has 0 aromatic rings. The van der Waals surface area contributed by atoms with Gasteiger partial charge in [-0.1, -0.05) is 90.4 Å². The molecule has 0 saturated carbocycles. The predicted octanol–water partition coefficient (Wildman–Crippen LogP) is 4.07. The van der Waals surface area contributed by atoms with E-state index in [-0.39, 0.29) is 6.42 Å². The molecule has 0 aliphatic carbocycles. The van der Waals surface area contributed by atoms with E-state index in [1.165, 1.54) is 70.6 Å². The van der Waals surface area contributed by atoms with Gasteiger partial charge >= 0.3 is 0 Å². The van der Waals surface area contributed by atoms with Gasteiger partial charge in [0.05, 0.1) is 6.61 Å². The molecule has 1 unspecified atom stereocenters. The second kappa shape index (κ2) is 14.9. The van der Waals surface area contributed by atoms with Crippen LogP contribution in [0.1, 0.15) is 103 Å². The molecule has 1 amide bonds. The number of amides is 1. The number of hydrogen-bond acceptors (Lipinski definition) is 3. The van der Waals surface area contributed by atoms with E-state index < -0.39 is 18.1 Å². The average molecular weight is 330 g/mol. The van der Waals surface area contributed by atoms with E-state index >= 15 is 0 Å². The van der Waals surface area contributed by atoms with Crippen LogP contribution >= 0.6 is 0 Å². The van der Waals surface area contributed by atoms with Crippen molar-refractivity contribution in [2.75, 3.05) is 6.61 Å². The number of nitrogens with two attached hydrogens (primary N) is 1. The maximum absolute atomic E-state index is 11.0. The number of unbranched alkanes of at least 4 members (excludes halogenated alkanes) is 13. The van der Waals surface area contributed by atoms with Crippen LogP contribution in [-0.4, -0.2) is 28.3 Å². The molecule has 0 aliphatic heterocycles. The normalized spacial score (nSPS) is 13.9. The van der Waals surface area contributed by atoms with E-state index in [2.05, 4.69) is 6.92 Å². The number of aliphatic hydroxyl groups is 2. The Bertz CT molecular complexity index is 284. The summed E-state index contributed by atoms with van der Waals surface area (Å²) in [6.07, 6.45) is 17.9. The first-order valence-electron chi connectivity index (χ1n) is 9.70. The highest BCUT2D eigenvalue weighted by Gasteiger charge is 2.32. The van der Waals surface area contributed by atoms with Crippen LogP contribution < -0.4 is 5.73 Å². The van der Waals surface area contributed by atoms with Gasteiger partial charge in [-0.05, 0) is 12.8 Å². The molecule has 1 atom stereocenters. The molecule has 0 spiro atoms. The molecule has 0 aromatic heterocycles. The van der Waals surface area contributed by atoms with Crippen molar-refractivity contribution in [2.45, 2.75) is 109 Å². The van der Waals surface area contributed by atoms with Crippen molar-refractivity contribution >= 4 is 5.91 Å². The summed E-state index contributed by atoms with van der Waals surface area (Å²) in [4.78, 5) is 11.0. The first-order valence-corrected chi connectivity index (χ1v) is 9.70. The predicted molar refractivity (Wildman–Crippen MR) is 96.2 cm³/mol. The monoisotopic (exact) mass is 329 g/mol. The van der Waals surface area contributed by atoms with Crippen LogP contribution in [0.5, 0.6) is 0 Å². The van der Waals surface area contributed by atoms with Crippen LogP contribution in [0.15, 0.2) is 0 Å². The number of aliphatic hydroxyl groups excluding tert-OH is 1. The summed E-state index contributed by atoms with van der Waals surface area (Å²) in [7, 11) is 0. The molecule has 23 heavy (non-hydrogen) atoms. The quantitative estimate of drug-likeness (QED) is 0.352. The lowest BCUT2D eigenvalue weighted by atomic mass is 9.95. The van der Waals surface area contributed by atoms with Gasteiger partial charge in [0.2, 0.25) is 0 Å². The Hall–Kier alpha value is -0.610. The van der Waals surface area contributed by atoms with Crippen LogP contribution in [0, 0.1) is 0 Å². The highest BCUT2D eigenvalue weighted by Crippen LogP contribution is 2.17. The van der Waals surface area contributed by atoms with E-state index in [0.717, 1.165) is 19.3 Å². The fourth-order valence-electron chi connectivity index (χ4n) is 2.89. The van der Waals surface area contributed by atoms with Crippen LogP contribution in [0.25, 0.3) is 0 Å². The lowest BCUT2D eigenvalue weighted by molar-refractivity contribution is -0.141. The third-order valence-corrected chi connectivity index (χ3v) is 4.66. The molecule has 4 nitrogen and oxygen atoms in total. The zero-order valence-corrected chi connectivity index (χ0v) is 15.2. The largest absolute Gasteiger partial charge is 0.393 e. The number of carbonyl (C=O) groups is 1. The number of rotatable bonds is 17. The summed E-state index contributed by atoms with van der Waals surface area (Å²) in [6.45, 7) is 1.67. The Kier molecular flexibility index (Phi) is 14.6. The topological polar surface area (TPSA) is 83.6 Å². The molecule has 4 heteroatoms. The van der Waals surface area contributed by atoms with E-state index in [9.17, 15) is 9.90 Å². The highest BCUT2D eigenvalue weighted by molar-refractivity contribution is 5.83. The third kappa shape index (κ3) is 12.5. The van der Waals surface area contributed by atoms with Gasteiger partial charge < -0.3 is 15.9 Å². The standard InChI is InChI=1S/C19H39NO3/c1-2-3-4-5-6-7-8-9-10-11-12-13-14-15-16-19(23,17-21)18(20)22/h21,23H,2-17H2,1H3,(H2,20,22). The van der Waals surface area contributed by atoms with Crippen molar-refractivity contribution < 1.29 is 15.0 Å². The molecule has 0 saturated heterocycles. The molecule has 0 fully saturated rings. The van der Waals surface area contributed by atoms with Crippen LogP contribution in [0.3, 0.4) is 0 Å². The summed E-state index contributed by atoms with van der Waals surface area (Å²) < 4.78 is 0.